The Bertz CT molecular complexity index is 1990. The highest BCUT2D eigenvalue weighted by molar-refractivity contribution is 6.03. The molecule has 5 rings (SSSR count). The number of benzene rings is 2. The van der Waals surface area contributed by atoms with Crippen molar-refractivity contribution in [2.45, 2.75) is 39.3 Å². The molecule has 0 saturated carbocycles. The number of rotatable bonds is 7. The molecule has 0 spiro atoms. The van der Waals surface area contributed by atoms with E-state index in [2.05, 4.69) is 32.4 Å². The molecule has 1 amide bonds. The van der Waals surface area contributed by atoms with Crippen molar-refractivity contribution in [2.75, 3.05) is 37.2 Å². The molecule has 0 radical (unpaired) electrons. The third-order valence-corrected chi connectivity index (χ3v) is 7.75. The van der Waals surface area contributed by atoms with Crippen molar-refractivity contribution in [1.29, 1.82) is 0 Å². The van der Waals surface area contributed by atoms with E-state index in [0.29, 0.717) is 5.56 Å². The van der Waals surface area contributed by atoms with Gasteiger partial charge in [-0.15, -0.1) is 0 Å². The van der Waals surface area contributed by atoms with E-state index in [1.807, 2.05) is 13.8 Å². The van der Waals surface area contributed by atoms with Gasteiger partial charge in [-0.2, -0.15) is 0 Å². The van der Waals surface area contributed by atoms with Gasteiger partial charge in [-0.3, -0.25) is 19.1 Å². The number of carbonyl (C=O) groups excluding carboxylic acids is 1. The highest BCUT2D eigenvalue weighted by Gasteiger charge is 2.26. The van der Waals surface area contributed by atoms with E-state index in [0.717, 1.165) is 55.1 Å². The van der Waals surface area contributed by atoms with Crippen molar-refractivity contribution in [2.24, 2.45) is 0 Å². The molecule has 4 aromatic rings. The first-order valence-corrected chi connectivity index (χ1v) is 15.0. The fourth-order valence-electron chi connectivity index (χ4n) is 5.08. The third-order valence-electron chi connectivity index (χ3n) is 7.75. The van der Waals surface area contributed by atoms with E-state index in [9.17, 15) is 18.8 Å². The SMILES string of the molecule is CC(C)n1cc(C(=O)Nc2ccc(Oc3ccnc(N)c3C#CC(C)(C)N3CCNCC3)c(F)c2)c(=O)n(-c2ccc(F)cc2)c1=O. The predicted octanol–water partition coefficient (Wildman–Crippen LogP) is 3.92. The van der Waals surface area contributed by atoms with Crippen LogP contribution in [0.25, 0.3) is 5.69 Å². The Labute approximate surface area is 270 Å². The smallest absolute Gasteiger partial charge is 0.335 e. The number of ether oxygens (including phenoxy) is 1. The number of halogens is 2. The van der Waals surface area contributed by atoms with Crippen LogP contribution >= 0.6 is 0 Å². The van der Waals surface area contributed by atoms with E-state index in [1.54, 1.807) is 13.8 Å². The summed E-state index contributed by atoms with van der Waals surface area (Å²) in [7, 11) is 0. The zero-order valence-electron chi connectivity index (χ0n) is 26.4. The van der Waals surface area contributed by atoms with Gasteiger partial charge in [0.25, 0.3) is 11.5 Å². The average molecular weight is 644 g/mol. The minimum absolute atomic E-state index is 0.0295. The molecule has 1 aliphatic rings. The highest BCUT2D eigenvalue weighted by Crippen LogP contribution is 2.31. The van der Waals surface area contributed by atoms with Crippen LogP contribution in [0.4, 0.5) is 20.3 Å². The number of anilines is 2. The molecule has 0 aliphatic carbocycles. The zero-order chi connectivity index (χ0) is 33.9. The summed E-state index contributed by atoms with van der Waals surface area (Å²) in [4.78, 5) is 46.1. The minimum atomic E-state index is -0.916. The quantitative estimate of drug-likeness (QED) is 0.258. The van der Waals surface area contributed by atoms with Crippen molar-refractivity contribution < 1.29 is 18.3 Å². The number of carbonyl (C=O) groups is 1. The molecule has 1 fully saturated rings. The highest BCUT2D eigenvalue weighted by atomic mass is 19.1. The van der Waals surface area contributed by atoms with Crippen LogP contribution in [0.2, 0.25) is 0 Å². The lowest BCUT2D eigenvalue weighted by Gasteiger charge is -2.37. The maximum atomic E-state index is 15.3. The molecule has 0 atom stereocenters. The van der Waals surface area contributed by atoms with Gasteiger partial charge in [0, 0.05) is 62.4 Å². The Morgan fingerprint density at radius 2 is 1.77 bits per heavy atom. The lowest BCUT2D eigenvalue weighted by atomic mass is 10.0. The standard InChI is InChI=1S/C34H35F2N7O4/c1-21(2)42-20-26(32(45)43(33(42)46)24-8-5-22(35)6-9-24)31(44)40-23-7-10-29(27(36)19-23)47-28-12-14-39-30(37)25(28)11-13-34(3,4)41-17-15-38-16-18-41/h5-10,12,14,19-21,38H,15-18H2,1-4H3,(H2,37,39)(H,40,44). The number of amides is 1. The molecule has 4 N–H and O–H groups in total. The molecular weight excluding hydrogens is 608 g/mol. The number of hydrogen-bond donors (Lipinski definition) is 3. The van der Waals surface area contributed by atoms with Crippen molar-refractivity contribution in [3.8, 4) is 29.0 Å². The normalized spacial score (nSPS) is 13.6. The van der Waals surface area contributed by atoms with Crippen molar-refractivity contribution in [3.05, 3.63) is 105 Å². The maximum absolute atomic E-state index is 15.3. The molecule has 3 heterocycles. The summed E-state index contributed by atoms with van der Waals surface area (Å²) in [5.41, 5.74) is 4.12. The summed E-state index contributed by atoms with van der Waals surface area (Å²) in [5, 5.41) is 5.83. The molecule has 0 bridgehead atoms. The van der Waals surface area contributed by atoms with Crippen molar-refractivity contribution in [1.82, 2.24) is 24.3 Å². The summed E-state index contributed by atoms with van der Waals surface area (Å²) in [6, 6.07) is 9.59. The number of nitrogen functional groups attached to an aromatic ring is 1. The number of pyridine rings is 1. The molecule has 0 unspecified atom stereocenters. The fourth-order valence-corrected chi connectivity index (χ4v) is 5.08. The first-order valence-electron chi connectivity index (χ1n) is 15.0. The van der Waals surface area contributed by atoms with Gasteiger partial charge in [0.05, 0.1) is 11.2 Å². The largest absolute Gasteiger partial charge is 0.453 e. The van der Waals surface area contributed by atoms with E-state index >= 15 is 4.39 Å². The molecule has 2 aromatic heterocycles. The lowest BCUT2D eigenvalue weighted by molar-refractivity contribution is 0.102. The Balaban J connectivity index is 1.40. The first kappa shape index (κ1) is 33.1. The average Bonchev–Trinajstić information content (AvgIpc) is 3.03. The predicted molar refractivity (Wildman–Crippen MR) is 175 cm³/mol. The Kier molecular flexibility index (Phi) is 9.55. The van der Waals surface area contributed by atoms with E-state index < -0.39 is 40.4 Å². The van der Waals surface area contributed by atoms with E-state index in [1.165, 1.54) is 41.1 Å². The van der Waals surface area contributed by atoms with Crippen LogP contribution in [-0.4, -0.2) is 56.6 Å². The molecule has 2 aromatic carbocycles. The lowest BCUT2D eigenvalue weighted by Crippen LogP contribution is -2.52. The van der Waals surface area contributed by atoms with Crippen LogP contribution in [0.5, 0.6) is 11.5 Å². The summed E-state index contributed by atoms with van der Waals surface area (Å²) < 4.78 is 36.7. The monoisotopic (exact) mass is 643 g/mol. The first-order chi connectivity index (χ1) is 22.4. The van der Waals surface area contributed by atoms with Gasteiger partial charge in [-0.25, -0.2) is 23.1 Å². The molecule has 13 heteroatoms. The second-order valence-corrected chi connectivity index (χ2v) is 11.8. The Hall–Kier alpha value is -5.32. The van der Waals surface area contributed by atoms with Crippen LogP contribution in [0.1, 0.15) is 49.7 Å². The van der Waals surface area contributed by atoms with Gasteiger partial charge >= 0.3 is 5.69 Å². The summed E-state index contributed by atoms with van der Waals surface area (Å²) in [6.45, 7) is 10.8. The summed E-state index contributed by atoms with van der Waals surface area (Å²) in [5.74, 6) is 4.26. The van der Waals surface area contributed by atoms with E-state index in [-0.39, 0.29) is 34.3 Å². The van der Waals surface area contributed by atoms with Gasteiger partial charge in [0.15, 0.2) is 11.6 Å². The number of aromatic nitrogens is 3. The van der Waals surface area contributed by atoms with Gasteiger partial charge in [-0.1, -0.05) is 11.8 Å². The number of piperazine rings is 1. The van der Waals surface area contributed by atoms with Crippen LogP contribution in [0.3, 0.4) is 0 Å². The van der Waals surface area contributed by atoms with Gasteiger partial charge in [-0.05, 0) is 64.1 Å². The van der Waals surface area contributed by atoms with Crippen LogP contribution < -0.4 is 32.4 Å². The summed E-state index contributed by atoms with van der Waals surface area (Å²) in [6.07, 6.45) is 2.58. The number of hydrogen-bond acceptors (Lipinski definition) is 8. The Morgan fingerprint density at radius 3 is 2.43 bits per heavy atom. The molecule has 11 nitrogen and oxygen atoms in total. The maximum Gasteiger partial charge on any atom is 0.335 e. The fraction of sp³-hybridized carbons (Fsp3) is 0.294. The van der Waals surface area contributed by atoms with Crippen LogP contribution in [0.15, 0.2) is 70.5 Å². The van der Waals surface area contributed by atoms with Crippen LogP contribution in [-0.2, 0) is 0 Å². The number of nitrogens with zero attached hydrogens (tertiary/aromatic N) is 4. The van der Waals surface area contributed by atoms with Crippen LogP contribution in [0, 0.1) is 23.5 Å². The second-order valence-electron chi connectivity index (χ2n) is 11.8. The van der Waals surface area contributed by atoms with Crippen molar-refractivity contribution >= 4 is 17.4 Å². The number of nitrogens with one attached hydrogen (secondary N) is 2. The molecule has 1 aliphatic heterocycles. The molecule has 47 heavy (non-hydrogen) atoms. The molecule has 1 saturated heterocycles. The van der Waals surface area contributed by atoms with Crippen molar-refractivity contribution in [3.63, 3.8) is 0 Å². The summed E-state index contributed by atoms with van der Waals surface area (Å²) >= 11 is 0. The second kappa shape index (κ2) is 13.6. The third kappa shape index (κ3) is 7.24. The molecular formula is C34H35F2N7O4. The van der Waals surface area contributed by atoms with Gasteiger partial charge in [0.2, 0.25) is 0 Å². The van der Waals surface area contributed by atoms with Gasteiger partial charge in [0.1, 0.15) is 28.5 Å². The molecule has 244 valence electrons. The zero-order valence-corrected chi connectivity index (χ0v) is 26.4. The van der Waals surface area contributed by atoms with E-state index in [4.69, 9.17) is 10.5 Å². The minimum Gasteiger partial charge on any atom is -0.453 e. The topological polar surface area (TPSA) is 137 Å². The number of nitrogens with two attached hydrogens (primary N) is 1. The van der Waals surface area contributed by atoms with Gasteiger partial charge < -0.3 is 21.1 Å². The Morgan fingerprint density at radius 1 is 1.06 bits per heavy atom.